The second kappa shape index (κ2) is 9.16. The van der Waals surface area contributed by atoms with Crippen molar-refractivity contribution in [2.75, 3.05) is 37.7 Å². The van der Waals surface area contributed by atoms with Crippen molar-refractivity contribution >= 4 is 11.7 Å². The molecule has 4 rings (SSSR count). The number of carbonyl (C=O) groups excluding carboxylic acids is 1. The molecule has 1 aromatic heterocycles. The molecule has 1 aliphatic rings. The summed E-state index contributed by atoms with van der Waals surface area (Å²) in [6, 6.07) is 18.1. The first-order valence-corrected chi connectivity index (χ1v) is 10.6. The molecule has 6 heteroatoms. The second-order valence-corrected chi connectivity index (χ2v) is 7.99. The van der Waals surface area contributed by atoms with Gasteiger partial charge in [0.1, 0.15) is 5.75 Å². The Morgan fingerprint density at radius 3 is 2.32 bits per heavy atom. The van der Waals surface area contributed by atoms with Gasteiger partial charge in [0, 0.05) is 31.7 Å². The number of hydrogen-bond acceptors (Lipinski definition) is 5. The molecule has 1 fully saturated rings. The van der Waals surface area contributed by atoms with Crippen molar-refractivity contribution in [3.63, 3.8) is 0 Å². The lowest BCUT2D eigenvalue weighted by Crippen LogP contribution is -2.50. The van der Waals surface area contributed by atoms with Gasteiger partial charge in [-0.3, -0.25) is 4.79 Å². The van der Waals surface area contributed by atoms with Gasteiger partial charge in [0.05, 0.1) is 5.69 Å². The van der Waals surface area contributed by atoms with Gasteiger partial charge in [-0.1, -0.05) is 30.3 Å². The van der Waals surface area contributed by atoms with Crippen molar-refractivity contribution in [2.24, 2.45) is 0 Å². The van der Waals surface area contributed by atoms with E-state index in [9.17, 15) is 4.79 Å². The highest BCUT2D eigenvalue weighted by atomic mass is 16.5. The molecule has 0 saturated carbocycles. The Kier molecular flexibility index (Phi) is 6.16. The fraction of sp³-hybridized carbons (Fsp3) is 0.320. The van der Waals surface area contributed by atoms with E-state index in [1.165, 1.54) is 11.1 Å². The fourth-order valence-electron chi connectivity index (χ4n) is 3.72. The molecule has 0 radical (unpaired) electrons. The minimum absolute atomic E-state index is 0.0128. The molecule has 0 bridgehead atoms. The molecule has 0 unspecified atom stereocenters. The average Bonchev–Trinajstić information content (AvgIpc) is 2.80. The normalized spacial score (nSPS) is 13.9. The number of hydrogen-bond donors (Lipinski definition) is 0. The number of benzene rings is 2. The first-order valence-electron chi connectivity index (χ1n) is 10.6. The minimum atomic E-state index is 0.0128. The maximum absolute atomic E-state index is 12.6. The van der Waals surface area contributed by atoms with Crippen molar-refractivity contribution in [1.29, 1.82) is 0 Å². The van der Waals surface area contributed by atoms with Crippen LogP contribution in [0.2, 0.25) is 0 Å². The van der Waals surface area contributed by atoms with Gasteiger partial charge in [0.15, 0.2) is 12.4 Å². The first kappa shape index (κ1) is 20.8. The predicted octanol–water partition coefficient (Wildman–Crippen LogP) is 3.80. The van der Waals surface area contributed by atoms with E-state index in [4.69, 9.17) is 4.74 Å². The summed E-state index contributed by atoms with van der Waals surface area (Å²) in [7, 11) is 0. The monoisotopic (exact) mass is 416 g/mol. The molecule has 1 aliphatic heterocycles. The Balaban J connectivity index is 1.30. The van der Waals surface area contributed by atoms with Crippen molar-refractivity contribution < 1.29 is 9.53 Å². The van der Waals surface area contributed by atoms with Crippen LogP contribution in [0.1, 0.15) is 16.7 Å². The van der Waals surface area contributed by atoms with Crippen LogP contribution in [0.4, 0.5) is 5.82 Å². The lowest BCUT2D eigenvalue weighted by atomic mass is 10.1. The maximum atomic E-state index is 12.6. The van der Waals surface area contributed by atoms with Crippen LogP contribution in [-0.4, -0.2) is 53.8 Å². The molecule has 31 heavy (non-hydrogen) atoms. The lowest BCUT2D eigenvalue weighted by molar-refractivity contribution is -0.133. The minimum Gasteiger partial charge on any atom is -0.484 e. The van der Waals surface area contributed by atoms with E-state index in [1.54, 1.807) is 0 Å². The van der Waals surface area contributed by atoms with Crippen LogP contribution in [-0.2, 0) is 4.79 Å². The van der Waals surface area contributed by atoms with Crippen molar-refractivity contribution in [3.05, 3.63) is 71.3 Å². The van der Waals surface area contributed by atoms with Gasteiger partial charge in [-0.25, -0.2) is 0 Å². The van der Waals surface area contributed by atoms with Gasteiger partial charge in [-0.2, -0.15) is 0 Å². The maximum Gasteiger partial charge on any atom is 0.260 e. The molecule has 0 N–H and O–H groups in total. The summed E-state index contributed by atoms with van der Waals surface area (Å²) in [5, 5.41) is 8.85. The highest BCUT2D eigenvalue weighted by Crippen LogP contribution is 2.22. The molecule has 0 spiro atoms. The Labute approximate surface area is 183 Å². The highest BCUT2D eigenvalue weighted by molar-refractivity contribution is 5.78. The number of nitrogens with zero attached hydrogens (tertiary/aromatic N) is 4. The molecule has 160 valence electrons. The van der Waals surface area contributed by atoms with Crippen molar-refractivity contribution in [3.8, 4) is 17.0 Å². The molecule has 0 aliphatic carbocycles. The van der Waals surface area contributed by atoms with Gasteiger partial charge in [-0.05, 0) is 61.7 Å². The highest BCUT2D eigenvalue weighted by Gasteiger charge is 2.22. The fourth-order valence-corrected chi connectivity index (χ4v) is 3.72. The molecule has 1 amide bonds. The molecular weight excluding hydrogens is 388 g/mol. The first-order chi connectivity index (χ1) is 15.0. The Morgan fingerprint density at radius 1 is 0.871 bits per heavy atom. The summed E-state index contributed by atoms with van der Waals surface area (Å²) in [6.07, 6.45) is 0. The molecule has 6 nitrogen and oxygen atoms in total. The Morgan fingerprint density at radius 2 is 1.65 bits per heavy atom. The van der Waals surface area contributed by atoms with Gasteiger partial charge < -0.3 is 14.5 Å². The lowest BCUT2D eigenvalue weighted by Gasteiger charge is -2.35. The quantitative estimate of drug-likeness (QED) is 0.633. The van der Waals surface area contributed by atoms with E-state index in [0.717, 1.165) is 41.5 Å². The number of ether oxygens (including phenoxy) is 1. The topological polar surface area (TPSA) is 58.6 Å². The number of amides is 1. The number of rotatable bonds is 5. The van der Waals surface area contributed by atoms with E-state index in [-0.39, 0.29) is 12.5 Å². The van der Waals surface area contributed by atoms with Gasteiger partial charge >= 0.3 is 0 Å². The third-order valence-corrected chi connectivity index (χ3v) is 5.87. The molecule has 1 saturated heterocycles. The summed E-state index contributed by atoms with van der Waals surface area (Å²) in [5.74, 6) is 1.59. The Hall–Kier alpha value is -3.41. The molecule has 3 aromatic rings. The van der Waals surface area contributed by atoms with Crippen LogP contribution >= 0.6 is 0 Å². The summed E-state index contributed by atoms with van der Waals surface area (Å²) in [5.41, 5.74) is 5.53. The zero-order valence-corrected chi connectivity index (χ0v) is 18.3. The second-order valence-electron chi connectivity index (χ2n) is 7.99. The predicted molar refractivity (Wildman–Crippen MR) is 122 cm³/mol. The average molecular weight is 417 g/mol. The van der Waals surface area contributed by atoms with Crippen LogP contribution in [0.5, 0.6) is 5.75 Å². The molecular formula is C25H28N4O2. The smallest absolute Gasteiger partial charge is 0.260 e. The number of aromatic nitrogens is 2. The van der Waals surface area contributed by atoms with E-state index in [0.29, 0.717) is 13.1 Å². The number of anilines is 1. The van der Waals surface area contributed by atoms with Crippen LogP contribution in [0.15, 0.2) is 54.6 Å². The van der Waals surface area contributed by atoms with Gasteiger partial charge in [-0.15, -0.1) is 10.2 Å². The van der Waals surface area contributed by atoms with Gasteiger partial charge in [0.25, 0.3) is 5.91 Å². The molecule has 2 heterocycles. The zero-order chi connectivity index (χ0) is 21.8. The van der Waals surface area contributed by atoms with Crippen LogP contribution in [0, 0.1) is 20.8 Å². The summed E-state index contributed by atoms with van der Waals surface area (Å²) in [6.45, 7) is 9.00. The molecule has 2 aromatic carbocycles. The largest absolute Gasteiger partial charge is 0.484 e. The summed E-state index contributed by atoms with van der Waals surface area (Å²) in [4.78, 5) is 16.6. The summed E-state index contributed by atoms with van der Waals surface area (Å²) >= 11 is 0. The van der Waals surface area contributed by atoms with Crippen LogP contribution < -0.4 is 9.64 Å². The third-order valence-electron chi connectivity index (χ3n) is 5.87. The van der Waals surface area contributed by atoms with Crippen molar-refractivity contribution in [1.82, 2.24) is 15.1 Å². The van der Waals surface area contributed by atoms with Crippen LogP contribution in [0.25, 0.3) is 11.3 Å². The SMILES string of the molecule is Cc1ccc(OCC(=O)N2CCN(c3ccc(-c4ccccc4C)nn3)CC2)cc1C. The Bertz CT molecular complexity index is 1060. The van der Waals surface area contributed by atoms with E-state index in [2.05, 4.69) is 41.1 Å². The number of carbonyl (C=O) groups is 1. The van der Waals surface area contributed by atoms with E-state index >= 15 is 0 Å². The number of piperazine rings is 1. The standard InChI is InChI=1S/C25H28N4O2/c1-18-8-9-21(16-20(18)3)31-17-25(30)29-14-12-28(13-15-29)24-11-10-23(26-27-24)22-7-5-4-6-19(22)2/h4-11,16H,12-15,17H2,1-3H3. The summed E-state index contributed by atoms with van der Waals surface area (Å²) < 4.78 is 5.71. The van der Waals surface area contributed by atoms with Gasteiger partial charge in [0.2, 0.25) is 0 Å². The van der Waals surface area contributed by atoms with E-state index in [1.807, 2.05) is 54.3 Å². The van der Waals surface area contributed by atoms with Crippen molar-refractivity contribution in [2.45, 2.75) is 20.8 Å². The third kappa shape index (κ3) is 4.85. The molecule has 0 atom stereocenters. The number of aryl methyl sites for hydroxylation is 3. The van der Waals surface area contributed by atoms with Crippen LogP contribution in [0.3, 0.4) is 0 Å². The zero-order valence-electron chi connectivity index (χ0n) is 18.3. The van der Waals surface area contributed by atoms with E-state index < -0.39 is 0 Å².